The first-order valence-corrected chi connectivity index (χ1v) is 13.6. The summed E-state index contributed by atoms with van der Waals surface area (Å²) in [6.07, 6.45) is 4.01. The van der Waals surface area contributed by atoms with Crippen molar-refractivity contribution in [3.8, 4) is 16.9 Å². The van der Waals surface area contributed by atoms with E-state index in [4.69, 9.17) is 16.3 Å². The number of ether oxygens (including phenoxy) is 1. The first-order valence-electron chi connectivity index (χ1n) is 11.6. The van der Waals surface area contributed by atoms with Gasteiger partial charge in [0.05, 0.1) is 28.6 Å². The molecular weight excluding hydrogens is 524 g/mol. The fraction of sp³-hybridized carbons (Fsp3) is 0.231. The van der Waals surface area contributed by atoms with Crippen LogP contribution >= 0.6 is 11.6 Å². The fourth-order valence-corrected chi connectivity index (χ4v) is 5.25. The predicted octanol–water partition coefficient (Wildman–Crippen LogP) is 6.33. The summed E-state index contributed by atoms with van der Waals surface area (Å²) in [6.45, 7) is 4.19. The third kappa shape index (κ3) is 5.60. The van der Waals surface area contributed by atoms with Gasteiger partial charge in [-0.05, 0) is 49.2 Å². The molecule has 0 radical (unpaired) electrons. The average Bonchev–Trinajstić information content (AvgIpc) is 3.28. The second-order valence-electron chi connectivity index (χ2n) is 8.35. The van der Waals surface area contributed by atoms with Crippen molar-refractivity contribution in [2.24, 2.45) is 0 Å². The number of pyridine rings is 1. The van der Waals surface area contributed by atoms with Crippen LogP contribution in [0.2, 0.25) is 5.02 Å². The van der Waals surface area contributed by atoms with Crippen LogP contribution < -0.4 is 9.46 Å². The predicted molar refractivity (Wildman–Crippen MR) is 140 cm³/mol. The quantitative estimate of drug-likeness (QED) is 0.226. The van der Waals surface area contributed by atoms with Crippen molar-refractivity contribution in [3.63, 3.8) is 0 Å². The van der Waals surface area contributed by atoms with E-state index in [1.54, 1.807) is 37.4 Å². The highest BCUT2D eigenvalue weighted by molar-refractivity contribution is 7.92. The summed E-state index contributed by atoms with van der Waals surface area (Å²) in [7, 11) is -3.86. The number of ketones is 1. The number of aromatic amines is 1. The number of aromatic nitrogens is 2. The van der Waals surface area contributed by atoms with Crippen LogP contribution in [-0.2, 0) is 10.0 Å². The molecule has 2 aromatic heterocycles. The smallest absolute Gasteiger partial charge is 0.232 e. The van der Waals surface area contributed by atoms with E-state index in [1.165, 1.54) is 6.20 Å². The van der Waals surface area contributed by atoms with Gasteiger partial charge in [-0.2, -0.15) is 0 Å². The number of H-pyrrole nitrogens is 1. The minimum absolute atomic E-state index is 0.0327. The summed E-state index contributed by atoms with van der Waals surface area (Å²) in [5.74, 6) is -3.02. The number of anilines is 1. The van der Waals surface area contributed by atoms with E-state index in [1.807, 2.05) is 6.92 Å². The number of fused-ring (bicyclic) bond motifs is 1. The molecule has 0 spiro atoms. The molecular formula is C26H24ClF2N3O4S. The van der Waals surface area contributed by atoms with Gasteiger partial charge in [0.25, 0.3) is 0 Å². The molecule has 2 aromatic carbocycles. The van der Waals surface area contributed by atoms with E-state index >= 15 is 4.39 Å². The van der Waals surface area contributed by atoms with Crippen LogP contribution in [0.5, 0.6) is 5.75 Å². The molecule has 7 nitrogen and oxygen atoms in total. The van der Waals surface area contributed by atoms with Crippen molar-refractivity contribution < 1.29 is 26.7 Å². The molecule has 37 heavy (non-hydrogen) atoms. The first-order chi connectivity index (χ1) is 17.6. The largest absolute Gasteiger partial charge is 0.494 e. The van der Waals surface area contributed by atoms with Gasteiger partial charge in [0.1, 0.15) is 17.2 Å². The number of carbonyl (C=O) groups excluding carboxylic acids is 1. The maximum absolute atomic E-state index is 15.2. The van der Waals surface area contributed by atoms with Gasteiger partial charge in [0.2, 0.25) is 15.8 Å². The van der Waals surface area contributed by atoms with Gasteiger partial charge in [-0.3, -0.25) is 9.52 Å². The second kappa shape index (κ2) is 10.9. The van der Waals surface area contributed by atoms with E-state index in [9.17, 15) is 17.6 Å². The summed E-state index contributed by atoms with van der Waals surface area (Å²) < 4.78 is 61.8. The number of hydrogen-bond donors (Lipinski definition) is 2. The third-order valence-corrected chi connectivity index (χ3v) is 7.35. The Kier molecular flexibility index (Phi) is 7.79. The van der Waals surface area contributed by atoms with Crippen molar-refractivity contribution >= 4 is 44.1 Å². The van der Waals surface area contributed by atoms with Crippen LogP contribution in [0.4, 0.5) is 14.5 Å². The topological polar surface area (TPSA) is 101 Å². The summed E-state index contributed by atoms with van der Waals surface area (Å²) in [6, 6.07) is 8.63. The lowest BCUT2D eigenvalue weighted by Gasteiger charge is -2.11. The molecule has 194 valence electrons. The molecule has 0 fully saturated rings. The Balaban J connectivity index is 1.74. The zero-order valence-corrected chi connectivity index (χ0v) is 21.6. The van der Waals surface area contributed by atoms with Crippen LogP contribution in [0.15, 0.2) is 48.8 Å². The van der Waals surface area contributed by atoms with E-state index < -0.39 is 38.7 Å². The Labute approximate surface area is 217 Å². The van der Waals surface area contributed by atoms with Crippen LogP contribution in [0.25, 0.3) is 22.2 Å². The van der Waals surface area contributed by atoms with Gasteiger partial charge in [-0.25, -0.2) is 22.2 Å². The van der Waals surface area contributed by atoms with Crippen molar-refractivity contribution in [1.82, 2.24) is 9.97 Å². The highest BCUT2D eigenvalue weighted by atomic mass is 35.5. The molecule has 0 unspecified atom stereocenters. The number of nitrogens with one attached hydrogen (secondary N) is 2. The Bertz CT molecular complexity index is 1590. The average molecular weight is 548 g/mol. The number of hydrogen-bond acceptors (Lipinski definition) is 5. The lowest BCUT2D eigenvalue weighted by molar-refractivity contribution is 0.103. The number of nitrogens with zero attached hydrogens (tertiary/aromatic N) is 1. The lowest BCUT2D eigenvalue weighted by Crippen LogP contribution is -2.18. The van der Waals surface area contributed by atoms with Crippen LogP contribution in [0.1, 0.15) is 42.6 Å². The van der Waals surface area contributed by atoms with E-state index in [-0.39, 0.29) is 11.3 Å². The first kappa shape index (κ1) is 26.6. The molecule has 0 atom stereocenters. The molecule has 4 aromatic rings. The maximum Gasteiger partial charge on any atom is 0.232 e. The van der Waals surface area contributed by atoms with Crippen LogP contribution in [-0.4, -0.2) is 36.5 Å². The molecule has 11 heteroatoms. The van der Waals surface area contributed by atoms with Gasteiger partial charge in [-0.1, -0.05) is 25.4 Å². The van der Waals surface area contributed by atoms with Crippen molar-refractivity contribution in [2.75, 3.05) is 17.1 Å². The van der Waals surface area contributed by atoms with Gasteiger partial charge in [0, 0.05) is 34.5 Å². The molecule has 0 aliphatic heterocycles. The Hall–Kier alpha value is -3.50. The van der Waals surface area contributed by atoms with Crippen LogP contribution in [0.3, 0.4) is 0 Å². The van der Waals surface area contributed by atoms with Gasteiger partial charge < -0.3 is 9.72 Å². The van der Waals surface area contributed by atoms with E-state index in [0.29, 0.717) is 46.0 Å². The minimum atomic E-state index is -3.86. The fourth-order valence-electron chi connectivity index (χ4n) is 3.84. The van der Waals surface area contributed by atoms with Gasteiger partial charge in [-0.15, -0.1) is 0 Å². The Morgan fingerprint density at radius 2 is 1.92 bits per heavy atom. The monoisotopic (exact) mass is 547 g/mol. The summed E-state index contributed by atoms with van der Waals surface area (Å²) in [4.78, 5) is 20.5. The highest BCUT2D eigenvalue weighted by Crippen LogP contribution is 2.34. The van der Waals surface area contributed by atoms with Gasteiger partial charge in [0.15, 0.2) is 5.82 Å². The van der Waals surface area contributed by atoms with Crippen molar-refractivity contribution in [2.45, 2.75) is 26.7 Å². The Morgan fingerprint density at radius 3 is 2.62 bits per heavy atom. The highest BCUT2D eigenvalue weighted by Gasteiger charge is 2.26. The third-order valence-electron chi connectivity index (χ3n) is 5.56. The zero-order valence-electron chi connectivity index (χ0n) is 20.1. The molecule has 2 N–H and O–H groups in total. The minimum Gasteiger partial charge on any atom is -0.494 e. The number of benzene rings is 2. The van der Waals surface area contributed by atoms with Crippen molar-refractivity contribution in [1.29, 1.82) is 0 Å². The van der Waals surface area contributed by atoms with Gasteiger partial charge >= 0.3 is 0 Å². The normalized spacial score (nSPS) is 11.6. The molecule has 4 rings (SSSR count). The summed E-state index contributed by atoms with van der Waals surface area (Å²) >= 11 is 6.46. The molecule has 0 saturated heterocycles. The number of rotatable bonds is 10. The standard InChI is InChI=1S/C26H24ClF2N3O4S/c1-3-9-36-16-5-6-17(20(27)12-16)15-11-18-19(14-31-26(18)30-13-15)25(33)23-21(28)7-8-22(24(23)29)32-37(34,35)10-4-2/h5-8,11-14,32H,3-4,9-10H2,1-2H3,(H,30,31). The lowest BCUT2D eigenvalue weighted by atomic mass is 9.99. The van der Waals surface area contributed by atoms with E-state index in [0.717, 1.165) is 18.6 Å². The molecule has 0 saturated carbocycles. The number of halogens is 3. The molecule has 0 aliphatic rings. The summed E-state index contributed by atoms with van der Waals surface area (Å²) in [5, 5.41) is 0.725. The molecule has 0 aliphatic carbocycles. The molecule has 2 heterocycles. The summed E-state index contributed by atoms with van der Waals surface area (Å²) in [5.41, 5.74) is 0.119. The molecule has 0 bridgehead atoms. The van der Waals surface area contributed by atoms with E-state index in [2.05, 4.69) is 14.7 Å². The molecule has 0 amide bonds. The number of sulfonamides is 1. The SMILES string of the molecule is CCCOc1ccc(-c2cnc3[nH]cc(C(=O)c4c(F)ccc(NS(=O)(=O)CCC)c4F)c3c2)c(Cl)c1. The Morgan fingerprint density at radius 1 is 1.14 bits per heavy atom. The number of carbonyl (C=O) groups is 1. The van der Waals surface area contributed by atoms with Crippen molar-refractivity contribution in [3.05, 3.63) is 76.6 Å². The maximum atomic E-state index is 15.2. The second-order valence-corrected chi connectivity index (χ2v) is 10.6. The van der Waals surface area contributed by atoms with Crippen LogP contribution in [0, 0.1) is 11.6 Å². The zero-order chi connectivity index (χ0) is 26.7.